The van der Waals surface area contributed by atoms with E-state index in [1.807, 2.05) is 43.3 Å². The Labute approximate surface area is 146 Å². The van der Waals surface area contributed by atoms with Crippen LogP contribution in [0.1, 0.15) is 18.2 Å². The Morgan fingerprint density at radius 2 is 1.84 bits per heavy atom. The van der Waals surface area contributed by atoms with Gasteiger partial charge in [0.25, 0.3) is 5.56 Å². The molecule has 0 amide bonds. The molecule has 0 unspecified atom stereocenters. The number of rotatable bonds is 5. The molecule has 1 heterocycles. The highest BCUT2D eigenvalue weighted by atomic mass is 16.5. The monoisotopic (exact) mass is 335 g/mol. The third-order valence-electron chi connectivity index (χ3n) is 4.14. The molecule has 0 fully saturated rings. The average Bonchev–Trinajstić information content (AvgIpc) is 2.62. The van der Waals surface area contributed by atoms with E-state index in [4.69, 9.17) is 10.5 Å². The third-order valence-corrected chi connectivity index (χ3v) is 4.14. The third kappa shape index (κ3) is 3.71. The van der Waals surface area contributed by atoms with Gasteiger partial charge in [0.15, 0.2) is 0 Å². The molecule has 0 spiro atoms. The van der Waals surface area contributed by atoms with Crippen molar-refractivity contribution >= 4 is 5.95 Å². The molecule has 0 aliphatic carbocycles. The van der Waals surface area contributed by atoms with E-state index in [2.05, 4.69) is 17.1 Å². The van der Waals surface area contributed by atoms with Gasteiger partial charge in [0.2, 0.25) is 5.95 Å². The Hall–Kier alpha value is -3.08. The highest BCUT2D eigenvalue weighted by Crippen LogP contribution is 2.23. The van der Waals surface area contributed by atoms with E-state index >= 15 is 0 Å². The SMILES string of the molecule is CCn1c(N)nc(Cc2cccc(-c3ccc(OC)cc3)c2)cc1=O. The van der Waals surface area contributed by atoms with Gasteiger partial charge in [-0.1, -0.05) is 36.4 Å². The highest BCUT2D eigenvalue weighted by molar-refractivity contribution is 5.65. The normalized spacial score (nSPS) is 10.6. The zero-order chi connectivity index (χ0) is 17.8. The van der Waals surface area contributed by atoms with Gasteiger partial charge in [-0.15, -0.1) is 0 Å². The summed E-state index contributed by atoms with van der Waals surface area (Å²) in [5.74, 6) is 1.09. The molecule has 2 aromatic carbocycles. The molecule has 5 nitrogen and oxygen atoms in total. The van der Waals surface area contributed by atoms with Crippen LogP contribution in [0.2, 0.25) is 0 Å². The maximum atomic E-state index is 12.1. The van der Waals surface area contributed by atoms with Crippen LogP contribution in [0.25, 0.3) is 11.1 Å². The van der Waals surface area contributed by atoms with Crippen molar-refractivity contribution in [3.63, 3.8) is 0 Å². The van der Waals surface area contributed by atoms with Crippen LogP contribution in [0.4, 0.5) is 5.95 Å². The minimum atomic E-state index is -0.115. The molecule has 0 saturated heterocycles. The molecular formula is C20H21N3O2. The molecule has 5 heteroatoms. The lowest BCUT2D eigenvalue weighted by molar-refractivity contribution is 0.415. The van der Waals surface area contributed by atoms with Gasteiger partial charge in [0.05, 0.1) is 12.8 Å². The molecule has 3 aromatic rings. The fourth-order valence-electron chi connectivity index (χ4n) is 2.83. The maximum Gasteiger partial charge on any atom is 0.255 e. The molecule has 0 saturated carbocycles. The molecule has 0 aliphatic heterocycles. The number of nitrogens with two attached hydrogens (primary N) is 1. The fourth-order valence-corrected chi connectivity index (χ4v) is 2.83. The summed E-state index contributed by atoms with van der Waals surface area (Å²) in [7, 11) is 1.65. The summed E-state index contributed by atoms with van der Waals surface area (Å²) >= 11 is 0. The zero-order valence-electron chi connectivity index (χ0n) is 14.4. The summed E-state index contributed by atoms with van der Waals surface area (Å²) < 4.78 is 6.65. The number of aromatic nitrogens is 2. The summed E-state index contributed by atoms with van der Waals surface area (Å²) in [5, 5.41) is 0. The molecule has 0 bridgehead atoms. The second kappa shape index (κ2) is 7.21. The molecular weight excluding hydrogens is 314 g/mol. The maximum absolute atomic E-state index is 12.1. The molecule has 2 N–H and O–H groups in total. The molecule has 1 aromatic heterocycles. The largest absolute Gasteiger partial charge is 0.497 e. The van der Waals surface area contributed by atoms with Crippen molar-refractivity contribution < 1.29 is 4.74 Å². The van der Waals surface area contributed by atoms with Gasteiger partial charge in [0, 0.05) is 19.0 Å². The van der Waals surface area contributed by atoms with Gasteiger partial charge in [0.1, 0.15) is 5.75 Å². The first-order valence-electron chi connectivity index (χ1n) is 8.20. The fraction of sp³-hybridized carbons (Fsp3) is 0.200. The molecule has 0 aliphatic rings. The lowest BCUT2D eigenvalue weighted by atomic mass is 10.0. The van der Waals surface area contributed by atoms with Crippen molar-refractivity contribution in [2.24, 2.45) is 0 Å². The molecule has 0 radical (unpaired) electrons. The van der Waals surface area contributed by atoms with Gasteiger partial charge >= 0.3 is 0 Å². The van der Waals surface area contributed by atoms with Crippen molar-refractivity contribution in [2.75, 3.05) is 12.8 Å². The number of hydrogen-bond acceptors (Lipinski definition) is 4. The van der Waals surface area contributed by atoms with E-state index in [0.717, 1.165) is 22.4 Å². The summed E-state index contributed by atoms with van der Waals surface area (Å²) in [6, 6.07) is 17.7. The van der Waals surface area contributed by atoms with E-state index in [1.165, 1.54) is 4.57 Å². The Kier molecular flexibility index (Phi) is 4.84. The Morgan fingerprint density at radius 3 is 2.48 bits per heavy atom. The van der Waals surface area contributed by atoms with E-state index in [0.29, 0.717) is 18.7 Å². The van der Waals surface area contributed by atoms with Crippen LogP contribution >= 0.6 is 0 Å². The van der Waals surface area contributed by atoms with Crippen molar-refractivity contribution in [3.8, 4) is 16.9 Å². The molecule has 128 valence electrons. The number of methoxy groups -OCH3 is 1. The summed E-state index contributed by atoms with van der Waals surface area (Å²) in [6.45, 7) is 2.39. The number of hydrogen-bond donors (Lipinski definition) is 1. The van der Waals surface area contributed by atoms with Crippen molar-refractivity contribution in [1.82, 2.24) is 9.55 Å². The predicted molar refractivity (Wildman–Crippen MR) is 99.8 cm³/mol. The smallest absolute Gasteiger partial charge is 0.255 e. The van der Waals surface area contributed by atoms with Crippen LogP contribution in [0.5, 0.6) is 5.75 Å². The Morgan fingerprint density at radius 1 is 1.08 bits per heavy atom. The standard InChI is InChI=1S/C20H21N3O2/c1-3-23-19(24)13-17(22-20(23)21)12-14-5-4-6-16(11-14)15-7-9-18(25-2)10-8-15/h4-11,13H,3,12H2,1-2H3,(H2,21,22). The van der Waals surface area contributed by atoms with Gasteiger partial charge in [-0.05, 0) is 35.7 Å². The van der Waals surface area contributed by atoms with Gasteiger partial charge in [-0.25, -0.2) is 4.98 Å². The number of nitrogen functional groups attached to an aromatic ring is 1. The van der Waals surface area contributed by atoms with Crippen LogP contribution in [-0.2, 0) is 13.0 Å². The van der Waals surface area contributed by atoms with Crippen LogP contribution in [0, 0.1) is 0 Å². The van der Waals surface area contributed by atoms with E-state index in [1.54, 1.807) is 13.2 Å². The lowest BCUT2D eigenvalue weighted by Gasteiger charge is -2.09. The van der Waals surface area contributed by atoms with E-state index in [-0.39, 0.29) is 11.5 Å². The molecule has 25 heavy (non-hydrogen) atoms. The molecule has 3 rings (SSSR count). The number of ether oxygens (including phenoxy) is 1. The quantitative estimate of drug-likeness (QED) is 0.778. The first-order valence-corrected chi connectivity index (χ1v) is 8.20. The highest BCUT2D eigenvalue weighted by Gasteiger charge is 2.07. The van der Waals surface area contributed by atoms with Crippen LogP contribution < -0.4 is 16.0 Å². The number of nitrogens with zero attached hydrogens (tertiary/aromatic N) is 2. The Bertz CT molecular complexity index is 930. The number of benzene rings is 2. The van der Waals surface area contributed by atoms with Crippen LogP contribution in [-0.4, -0.2) is 16.7 Å². The van der Waals surface area contributed by atoms with E-state index in [9.17, 15) is 4.79 Å². The summed E-state index contributed by atoms with van der Waals surface area (Å²) in [6.07, 6.45) is 0.563. The minimum Gasteiger partial charge on any atom is -0.497 e. The van der Waals surface area contributed by atoms with Crippen LogP contribution in [0.3, 0.4) is 0 Å². The Balaban J connectivity index is 1.88. The van der Waals surface area contributed by atoms with Crippen molar-refractivity contribution in [1.29, 1.82) is 0 Å². The topological polar surface area (TPSA) is 70.1 Å². The summed E-state index contributed by atoms with van der Waals surface area (Å²) in [4.78, 5) is 16.4. The van der Waals surface area contributed by atoms with Crippen molar-refractivity contribution in [2.45, 2.75) is 19.9 Å². The summed E-state index contributed by atoms with van der Waals surface area (Å²) in [5.41, 5.74) is 9.73. The second-order valence-electron chi connectivity index (χ2n) is 5.79. The van der Waals surface area contributed by atoms with Gasteiger partial charge in [-0.3, -0.25) is 9.36 Å². The predicted octanol–water partition coefficient (Wildman–Crippen LogP) is 3.11. The van der Waals surface area contributed by atoms with Gasteiger partial charge < -0.3 is 10.5 Å². The van der Waals surface area contributed by atoms with Crippen LogP contribution in [0.15, 0.2) is 59.4 Å². The van der Waals surface area contributed by atoms with E-state index < -0.39 is 0 Å². The van der Waals surface area contributed by atoms with Crippen molar-refractivity contribution in [3.05, 3.63) is 76.2 Å². The van der Waals surface area contributed by atoms with Gasteiger partial charge in [-0.2, -0.15) is 0 Å². The lowest BCUT2D eigenvalue weighted by Crippen LogP contribution is -2.24. The second-order valence-corrected chi connectivity index (χ2v) is 5.79. The first kappa shape index (κ1) is 16.8. The minimum absolute atomic E-state index is 0.115. The zero-order valence-corrected chi connectivity index (χ0v) is 14.4. The molecule has 0 atom stereocenters. The first-order chi connectivity index (χ1) is 12.1. The number of anilines is 1. The average molecular weight is 335 g/mol.